The summed E-state index contributed by atoms with van der Waals surface area (Å²) in [5, 5.41) is 9.29. The van der Waals surface area contributed by atoms with Crippen LogP contribution >= 0.6 is 23.4 Å². The Balaban J connectivity index is 1.78. The molecule has 0 aliphatic heterocycles. The highest BCUT2D eigenvalue weighted by Gasteiger charge is 2.08. The average Bonchev–Trinajstić information content (AvgIpc) is 2.55. The molecule has 0 fully saturated rings. The Bertz CT molecular complexity index is 836. The molecule has 0 radical (unpaired) electrons. The van der Waals surface area contributed by atoms with E-state index in [2.05, 4.69) is 15.2 Å². The van der Waals surface area contributed by atoms with E-state index < -0.39 is 0 Å². The quantitative estimate of drug-likeness (QED) is 0.740. The number of aromatic nitrogens is 3. The molecule has 0 saturated carbocycles. The second-order valence-corrected chi connectivity index (χ2v) is 5.93. The third-order valence-corrected chi connectivity index (χ3v) is 4.33. The molecule has 0 spiro atoms. The van der Waals surface area contributed by atoms with E-state index in [1.807, 2.05) is 54.6 Å². The molecule has 0 bridgehead atoms. The largest absolute Gasteiger partial charge is 0.298 e. The molecule has 0 unspecified atom stereocenters. The lowest BCUT2D eigenvalue weighted by Crippen LogP contribution is -2.14. The Morgan fingerprint density at radius 2 is 1.73 bits per heavy atom. The molecule has 3 rings (SSSR count). The second kappa shape index (κ2) is 6.77. The lowest BCUT2D eigenvalue weighted by molar-refractivity contribution is 0.824. The van der Waals surface area contributed by atoms with Crippen LogP contribution in [0.2, 0.25) is 5.02 Å². The van der Waals surface area contributed by atoms with Crippen molar-refractivity contribution in [1.29, 1.82) is 0 Å². The van der Waals surface area contributed by atoms with Crippen LogP contribution in [0.15, 0.2) is 64.5 Å². The summed E-state index contributed by atoms with van der Waals surface area (Å²) in [6.45, 7) is 0. The fourth-order valence-electron chi connectivity index (χ4n) is 1.93. The van der Waals surface area contributed by atoms with Crippen molar-refractivity contribution in [3.05, 3.63) is 75.5 Å². The monoisotopic (exact) mass is 329 g/mol. The molecule has 1 N–H and O–H groups in total. The van der Waals surface area contributed by atoms with E-state index in [0.717, 1.165) is 11.1 Å². The summed E-state index contributed by atoms with van der Waals surface area (Å²) in [6.07, 6.45) is 0. The number of nitrogens with one attached hydrogen (secondary N) is 1. The minimum Gasteiger partial charge on any atom is -0.298 e. The maximum atomic E-state index is 12.1. The van der Waals surface area contributed by atoms with Crippen molar-refractivity contribution >= 4 is 23.4 Å². The number of aromatic amines is 1. The van der Waals surface area contributed by atoms with E-state index in [4.69, 9.17) is 11.6 Å². The molecular weight excluding hydrogens is 318 g/mol. The van der Waals surface area contributed by atoms with E-state index in [1.54, 1.807) is 0 Å². The number of thioether (sulfide) groups is 1. The van der Waals surface area contributed by atoms with E-state index in [9.17, 15) is 4.79 Å². The van der Waals surface area contributed by atoms with Crippen LogP contribution in [0.1, 0.15) is 5.56 Å². The van der Waals surface area contributed by atoms with Gasteiger partial charge in [-0.2, -0.15) is 0 Å². The molecule has 110 valence electrons. The van der Waals surface area contributed by atoms with Crippen molar-refractivity contribution in [3.8, 4) is 11.3 Å². The van der Waals surface area contributed by atoms with Crippen LogP contribution in [0.5, 0.6) is 0 Å². The Hall–Kier alpha value is -2.11. The van der Waals surface area contributed by atoms with Gasteiger partial charge in [-0.3, -0.25) is 9.78 Å². The molecular formula is C16H12ClN3OS. The van der Waals surface area contributed by atoms with Crippen LogP contribution in [0.3, 0.4) is 0 Å². The summed E-state index contributed by atoms with van der Waals surface area (Å²) in [5.41, 5.74) is 1.81. The summed E-state index contributed by atoms with van der Waals surface area (Å²) in [7, 11) is 0. The Kier molecular flexibility index (Phi) is 4.56. The minimum absolute atomic E-state index is 0.247. The topological polar surface area (TPSA) is 58.6 Å². The fourth-order valence-corrected chi connectivity index (χ4v) is 3.02. The number of nitrogens with zero attached hydrogens (tertiary/aromatic N) is 2. The minimum atomic E-state index is -0.247. The first-order valence-electron chi connectivity index (χ1n) is 6.62. The smallest absolute Gasteiger partial charge is 0.278 e. The highest BCUT2D eigenvalue weighted by molar-refractivity contribution is 7.98. The normalized spacial score (nSPS) is 10.6. The molecule has 0 amide bonds. The molecule has 6 heteroatoms. The predicted octanol–water partition coefficient (Wildman–Crippen LogP) is 3.78. The zero-order chi connectivity index (χ0) is 15.4. The second-order valence-electron chi connectivity index (χ2n) is 4.55. The van der Waals surface area contributed by atoms with Crippen molar-refractivity contribution in [1.82, 2.24) is 15.2 Å². The molecule has 0 aliphatic carbocycles. The number of rotatable bonds is 4. The Morgan fingerprint density at radius 3 is 2.45 bits per heavy atom. The molecule has 22 heavy (non-hydrogen) atoms. The van der Waals surface area contributed by atoms with Gasteiger partial charge in [0.05, 0.1) is 0 Å². The van der Waals surface area contributed by atoms with Gasteiger partial charge in [0.1, 0.15) is 0 Å². The number of benzene rings is 2. The van der Waals surface area contributed by atoms with Crippen molar-refractivity contribution in [3.63, 3.8) is 0 Å². The maximum Gasteiger partial charge on any atom is 0.278 e. The summed E-state index contributed by atoms with van der Waals surface area (Å²) in [5.74, 6) is 0.620. The van der Waals surface area contributed by atoms with Crippen molar-refractivity contribution in [2.75, 3.05) is 0 Å². The molecule has 2 aromatic carbocycles. The van der Waals surface area contributed by atoms with E-state index >= 15 is 0 Å². The lowest BCUT2D eigenvalue weighted by atomic mass is 10.2. The highest BCUT2D eigenvalue weighted by Crippen LogP contribution is 2.23. The maximum absolute atomic E-state index is 12.1. The van der Waals surface area contributed by atoms with Crippen LogP contribution in [-0.2, 0) is 5.75 Å². The van der Waals surface area contributed by atoms with E-state index in [-0.39, 0.29) is 5.56 Å². The van der Waals surface area contributed by atoms with Crippen molar-refractivity contribution in [2.24, 2.45) is 0 Å². The standard InChI is InChI=1S/C16H12ClN3OS/c17-13-9-5-4-8-12(13)10-22-16-18-15(21)14(19-20-16)11-6-2-1-3-7-11/h1-9H,10H2,(H,18,20,21). The molecule has 3 aromatic rings. The number of halogens is 1. The van der Waals surface area contributed by atoms with E-state index in [0.29, 0.717) is 21.6 Å². The van der Waals surface area contributed by atoms with Gasteiger partial charge < -0.3 is 0 Å². The average molecular weight is 330 g/mol. The van der Waals surface area contributed by atoms with Crippen LogP contribution in [0.25, 0.3) is 11.3 Å². The molecule has 1 heterocycles. The Morgan fingerprint density at radius 1 is 1.00 bits per heavy atom. The first kappa shape index (κ1) is 14.8. The third-order valence-electron chi connectivity index (χ3n) is 3.05. The molecule has 4 nitrogen and oxygen atoms in total. The highest BCUT2D eigenvalue weighted by atomic mass is 35.5. The number of hydrogen-bond acceptors (Lipinski definition) is 4. The van der Waals surface area contributed by atoms with Crippen molar-refractivity contribution in [2.45, 2.75) is 10.9 Å². The lowest BCUT2D eigenvalue weighted by Gasteiger charge is -2.04. The van der Waals surface area contributed by atoms with Gasteiger partial charge in [-0.05, 0) is 11.6 Å². The number of hydrogen-bond donors (Lipinski definition) is 1. The molecule has 0 atom stereocenters. The van der Waals surface area contributed by atoms with Crippen LogP contribution in [-0.4, -0.2) is 15.2 Å². The fraction of sp³-hybridized carbons (Fsp3) is 0.0625. The third kappa shape index (κ3) is 3.37. The predicted molar refractivity (Wildman–Crippen MR) is 89.1 cm³/mol. The van der Waals surface area contributed by atoms with Crippen LogP contribution in [0.4, 0.5) is 0 Å². The van der Waals surface area contributed by atoms with Gasteiger partial charge in [-0.1, -0.05) is 71.9 Å². The van der Waals surface area contributed by atoms with Gasteiger partial charge >= 0.3 is 0 Å². The molecule has 0 aliphatic rings. The van der Waals surface area contributed by atoms with Gasteiger partial charge in [0.25, 0.3) is 5.56 Å². The molecule has 1 aromatic heterocycles. The van der Waals surface area contributed by atoms with Crippen molar-refractivity contribution < 1.29 is 0 Å². The summed E-state index contributed by atoms with van der Waals surface area (Å²) >= 11 is 7.50. The van der Waals surface area contributed by atoms with Gasteiger partial charge in [0.15, 0.2) is 10.9 Å². The summed E-state index contributed by atoms with van der Waals surface area (Å²) in [4.78, 5) is 14.9. The summed E-state index contributed by atoms with van der Waals surface area (Å²) < 4.78 is 0. The van der Waals surface area contributed by atoms with Gasteiger partial charge in [-0.15, -0.1) is 10.2 Å². The SMILES string of the molecule is O=c1[nH]c(SCc2ccccc2Cl)nnc1-c1ccccc1. The number of H-pyrrole nitrogens is 1. The molecule has 0 saturated heterocycles. The van der Waals surface area contributed by atoms with Gasteiger partial charge in [0.2, 0.25) is 0 Å². The zero-order valence-electron chi connectivity index (χ0n) is 11.5. The van der Waals surface area contributed by atoms with E-state index in [1.165, 1.54) is 11.8 Å². The Labute approximate surface area is 136 Å². The first-order chi connectivity index (χ1) is 10.7. The summed E-state index contributed by atoms with van der Waals surface area (Å²) in [6, 6.07) is 16.8. The van der Waals surface area contributed by atoms with Gasteiger partial charge in [-0.25, -0.2) is 0 Å². The van der Waals surface area contributed by atoms with Crippen LogP contribution < -0.4 is 5.56 Å². The first-order valence-corrected chi connectivity index (χ1v) is 7.99. The zero-order valence-corrected chi connectivity index (χ0v) is 13.1. The van der Waals surface area contributed by atoms with Crippen LogP contribution in [0, 0.1) is 0 Å². The van der Waals surface area contributed by atoms with Gasteiger partial charge in [0, 0.05) is 16.3 Å².